The first-order valence-electron chi connectivity index (χ1n) is 5.82. The van der Waals surface area contributed by atoms with Crippen LogP contribution in [0.15, 0.2) is 18.3 Å². The summed E-state index contributed by atoms with van der Waals surface area (Å²) in [7, 11) is 3.67. The molecule has 0 fully saturated rings. The molecular weight excluding hydrogens is 200 g/mol. The summed E-state index contributed by atoms with van der Waals surface area (Å²) in [5.41, 5.74) is 1.27. The molecule has 1 N–H and O–H groups in total. The molecule has 0 saturated heterocycles. The van der Waals surface area contributed by atoms with Crippen molar-refractivity contribution in [3.05, 3.63) is 23.9 Å². The SMILES string of the molecule is CNC(Cc1ccnc(OC)c1)CC(C)C. The Kier molecular flexibility index (Phi) is 5.26. The van der Waals surface area contributed by atoms with Crippen molar-refractivity contribution in [2.45, 2.75) is 32.7 Å². The number of aromatic nitrogens is 1. The topological polar surface area (TPSA) is 34.2 Å². The smallest absolute Gasteiger partial charge is 0.213 e. The highest BCUT2D eigenvalue weighted by Crippen LogP contribution is 2.14. The van der Waals surface area contributed by atoms with Crippen molar-refractivity contribution in [3.8, 4) is 5.88 Å². The average Bonchev–Trinajstić information content (AvgIpc) is 2.28. The van der Waals surface area contributed by atoms with Gasteiger partial charge in [-0.3, -0.25) is 0 Å². The molecular formula is C13H22N2O. The van der Waals surface area contributed by atoms with E-state index in [0.29, 0.717) is 17.8 Å². The van der Waals surface area contributed by atoms with Crippen molar-refractivity contribution >= 4 is 0 Å². The molecule has 0 spiro atoms. The van der Waals surface area contributed by atoms with Crippen LogP contribution in [0.3, 0.4) is 0 Å². The molecule has 0 aliphatic carbocycles. The van der Waals surface area contributed by atoms with Crippen LogP contribution in [0.4, 0.5) is 0 Å². The van der Waals surface area contributed by atoms with Crippen molar-refractivity contribution < 1.29 is 4.74 Å². The molecule has 1 atom stereocenters. The predicted molar refractivity (Wildman–Crippen MR) is 66.8 cm³/mol. The second-order valence-corrected chi connectivity index (χ2v) is 4.53. The van der Waals surface area contributed by atoms with E-state index < -0.39 is 0 Å². The van der Waals surface area contributed by atoms with Crippen molar-refractivity contribution in [3.63, 3.8) is 0 Å². The fraction of sp³-hybridized carbons (Fsp3) is 0.615. The highest BCUT2D eigenvalue weighted by molar-refractivity contribution is 5.21. The lowest BCUT2D eigenvalue weighted by Crippen LogP contribution is -2.29. The van der Waals surface area contributed by atoms with E-state index in [4.69, 9.17) is 4.74 Å². The van der Waals surface area contributed by atoms with E-state index in [0.717, 1.165) is 6.42 Å². The van der Waals surface area contributed by atoms with Gasteiger partial charge in [-0.2, -0.15) is 0 Å². The lowest BCUT2D eigenvalue weighted by atomic mass is 9.98. The van der Waals surface area contributed by atoms with Crippen molar-refractivity contribution in [2.24, 2.45) is 5.92 Å². The average molecular weight is 222 g/mol. The van der Waals surface area contributed by atoms with E-state index in [1.807, 2.05) is 19.2 Å². The third-order valence-electron chi connectivity index (χ3n) is 2.65. The van der Waals surface area contributed by atoms with Gasteiger partial charge in [-0.05, 0) is 37.4 Å². The maximum atomic E-state index is 5.12. The molecule has 1 heterocycles. The highest BCUT2D eigenvalue weighted by atomic mass is 16.5. The van der Waals surface area contributed by atoms with Gasteiger partial charge in [-0.25, -0.2) is 4.98 Å². The minimum absolute atomic E-state index is 0.520. The van der Waals surface area contributed by atoms with Gasteiger partial charge < -0.3 is 10.1 Å². The van der Waals surface area contributed by atoms with Gasteiger partial charge >= 0.3 is 0 Å². The lowest BCUT2D eigenvalue weighted by Gasteiger charge is -2.18. The first-order valence-corrected chi connectivity index (χ1v) is 5.82. The monoisotopic (exact) mass is 222 g/mol. The van der Waals surface area contributed by atoms with Crippen molar-refractivity contribution in [2.75, 3.05) is 14.2 Å². The highest BCUT2D eigenvalue weighted by Gasteiger charge is 2.09. The Morgan fingerprint density at radius 1 is 1.44 bits per heavy atom. The van der Waals surface area contributed by atoms with Crippen LogP contribution >= 0.6 is 0 Å². The number of pyridine rings is 1. The number of likely N-dealkylation sites (N-methyl/N-ethyl adjacent to an activating group) is 1. The van der Waals surface area contributed by atoms with Crippen LogP contribution in [0.5, 0.6) is 5.88 Å². The van der Waals surface area contributed by atoms with Crippen LogP contribution in [0, 0.1) is 5.92 Å². The molecule has 0 bridgehead atoms. The Hall–Kier alpha value is -1.09. The first-order chi connectivity index (χ1) is 7.65. The Morgan fingerprint density at radius 2 is 2.19 bits per heavy atom. The molecule has 3 heteroatoms. The summed E-state index contributed by atoms with van der Waals surface area (Å²) >= 11 is 0. The van der Waals surface area contributed by atoms with E-state index in [2.05, 4.69) is 24.1 Å². The van der Waals surface area contributed by atoms with E-state index >= 15 is 0 Å². The fourth-order valence-corrected chi connectivity index (χ4v) is 1.85. The summed E-state index contributed by atoms with van der Waals surface area (Å²) in [6, 6.07) is 4.57. The largest absolute Gasteiger partial charge is 0.481 e. The minimum atomic E-state index is 0.520. The molecule has 3 nitrogen and oxygen atoms in total. The van der Waals surface area contributed by atoms with E-state index in [9.17, 15) is 0 Å². The Balaban J connectivity index is 2.62. The number of methoxy groups -OCH3 is 1. The molecule has 0 saturated carbocycles. The third kappa shape index (κ3) is 4.19. The van der Waals surface area contributed by atoms with Crippen LogP contribution in [0.1, 0.15) is 25.8 Å². The molecule has 0 aliphatic heterocycles. The Morgan fingerprint density at radius 3 is 2.75 bits per heavy atom. The van der Waals surface area contributed by atoms with E-state index in [1.165, 1.54) is 12.0 Å². The van der Waals surface area contributed by atoms with Gasteiger partial charge in [-0.15, -0.1) is 0 Å². The standard InChI is InChI=1S/C13H22N2O/c1-10(2)7-12(14-3)8-11-5-6-15-13(9-11)16-4/h5-6,9-10,12,14H,7-8H2,1-4H3. The third-order valence-corrected chi connectivity index (χ3v) is 2.65. The molecule has 90 valence electrons. The maximum absolute atomic E-state index is 5.12. The normalized spacial score (nSPS) is 12.8. The molecule has 0 aliphatic rings. The second-order valence-electron chi connectivity index (χ2n) is 4.53. The molecule has 0 radical (unpaired) electrons. The van der Waals surface area contributed by atoms with Gasteiger partial charge in [0.25, 0.3) is 0 Å². The number of rotatable bonds is 6. The van der Waals surface area contributed by atoms with Crippen molar-refractivity contribution in [1.29, 1.82) is 0 Å². The van der Waals surface area contributed by atoms with Gasteiger partial charge in [0.1, 0.15) is 0 Å². The number of hydrogen-bond acceptors (Lipinski definition) is 3. The summed E-state index contributed by atoms with van der Waals surface area (Å²) in [5.74, 6) is 1.40. The van der Waals surface area contributed by atoms with Gasteiger partial charge in [0.2, 0.25) is 5.88 Å². The zero-order valence-corrected chi connectivity index (χ0v) is 10.7. The molecule has 1 rings (SSSR count). The Labute approximate surface area is 98.2 Å². The lowest BCUT2D eigenvalue weighted by molar-refractivity contribution is 0.396. The van der Waals surface area contributed by atoms with Gasteiger partial charge in [0, 0.05) is 18.3 Å². The quantitative estimate of drug-likeness (QED) is 0.801. The predicted octanol–water partition coefficient (Wildman–Crippen LogP) is 2.27. The van der Waals surface area contributed by atoms with Gasteiger partial charge in [0.05, 0.1) is 7.11 Å². The molecule has 16 heavy (non-hydrogen) atoms. The molecule has 0 amide bonds. The van der Waals surface area contributed by atoms with Gasteiger partial charge in [-0.1, -0.05) is 13.8 Å². The molecule has 1 aromatic rings. The zero-order chi connectivity index (χ0) is 12.0. The maximum Gasteiger partial charge on any atom is 0.213 e. The first kappa shape index (κ1) is 13.0. The zero-order valence-electron chi connectivity index (χ0n) is 10.7. The van der Waals surface area contributed by atoms with Crippen LogP contribution in [-0.2, 0) is 6.42 Å². The summed E-state index contributed by atoms with van der Waals surface area (Å²) in [4.78, 5) is 4.11. The molecule has 0 aromatic carbocycles. The molecule has 1 unspecified atom stereocenters. The number of ether oxygens (including phenoxy) is 1. The van der Waals surface area contributed by atoms with Crippen LogP contribution < -0.4 is 10.1 Å². The number of nitrogens with one attached hydrogen (secondary N) is 1. The van der Waals surface area contributed by atoms with E-state index in [1.54, 1.807) is 13.3 Å². The number of nitrogens with zero attached hydrogens (tertiary/aromatic N) is 1. The van der Waals surface area contributed by atoms with Crippen molar-refractivity contribution in [1.82, 2.24) is 10.3 Å². The second kappa shape index (κ2) is 6.48. The Bertz CT molecular complexity index is 313. The van der Waals surface area contributed by atoms with Gasteiger partial charge in [0.15, 0.2) is 0 Å². The minimum Gasteiger partial charge on any atom is -0.481 e. The fourth-order valence-electron chi connectivity index (χ4n) is 1.85. The summed E-state index contributed by atoms with van der Waals surface area (Å²) in [5, 5.41) is 3.36. The molecule has 1 aromatic heterocycles. The van der Waals surface area contributed by atoms with Crippen LogP contribution in [-0.4, -0.2) is 25.2 Å². The summed E-state index contributed by atoms with van der Waals surface area (Å²) in [6.07, 6.45) is 4.00. The summed E-state index contributed by atoms with van der Waals surface area (Å²) < 4.78 is 5.12. The van der Waals surface area contributed by atoms with E-state index in [-0.39, 0.29) is 0 Å². The van der Waals surface area contributed by atoms with Crippen LogP contribution in [0.2, 0.25) is 0 Å². The number of hydrogen-bond donors (Lipinski definition) is 1. The van der Waals surface area contributed by atoms with Crippen LogP contribution in [0.25, 0.3) is 0 Å². The summed E-state index contributed by atoms with van der Waals surface area (Å²) in [6.45, 7) is 4.49.